The number of carbonyl (C=O) groups excluding carboxylic acids is 2. The molecule has 2 aliphatic rings. The molecule has 0 radical (unpaired) electrons. The molecule has 1 saturated heterocycles. The maximum atomic E-state index is 13.5. The van der Waals surface area contributed by atoms with Crippen molar-refractivity contribution in [3.05, 3.63) is 34.6 Å². The van der Waals surface area contributed by atoms with Crippen molar-refractivity contribution in [3.63, 3.8) is 0 Å². The number of halogens is 2. The lowest BCUT2D eigenvalue weighted by atomic mass is 10.0. The summed E-state index contributed by atoms with van der Waals surface area (Å²) in [5.41, 5.74) is 0.526. The lowest BCUT2D eigenvalue weighted by Crippen LogP contribution is -2.62. The molecular weight excluding hydrogens is 295 g/mol. The number of nitrogens with zero attached hydrogens (tertiary/aromatic N) is 1. The number of carbonyl (C=O) groups is 2. The molecule has 4 nitrogen and oxygen atoms in total. The maximum Gasteiger partial charge on any atom is 0.245 e. The number of rotatable bonds is 3. The Balaban J connectivity index is 1.91. The minimum Gasteiger partial charge on any atom is -0.343 e. The lowest BCUT2D eigenvalue weighted by molar-refractivity contribution is -0.150. The van der Waals surface area contributed by atoms with E-state index in [4.69, 9.17) is 11.6 Å². The summed E-state index contributed by atoms with van der Waals surface area (Å²) in [6, 6.07) is 3.49. The molecule has 1 aromatic carbocycles. The predicted molar refractivity (Wildman–Crippen MR) is 76.1 cm³/mol. The minimum absolute atomic E-state index is 0.0125. The van der Waals surface area contributed by atoms with Gasteiger partial charge in [-0.15, -0.1) is 0 Å². The topological polar surface area (TPSA) is 49.4 Å². The fourth-order valence-electron chi connectivity index (χ4n) is 2.80. The largest absolute Gasteiger partial charge is 0.343 e. The van der Waals surface area contributed by atoms with E-state index in [-0.39, 0.29) is 29.3 Å². The third-order valence-electron chi connectivity index (χ3n) is 4.06. The fourth-order valence-corrected chi connectivity index (χ4v) is 2.98. The first kappa shape index (κ1) is 14.3. The number of piperazine rings is 1. The van der Waals surface area contributed by atoms with Gasteiger partial charge in [0.25, 0.3) is 0 Å². The van der Waals surface area contributed by atoms with Crippen molar-refractivity contribution < 1.29 is 14.0 Å². The molecule has 1 saturated carbocycles. The van der Waals surface area contributed by atoms with Crippen LogP contribution in [-0.4, -0.2) is 28.8 Å². The Morgan fingerprint density at radius 1 is 1.38 bits per heavy atom. The van der Waals surface area contributed by atoms with E-state index >= 15 is 0 Å². The molecule has 1 N–H and O–H groups in total. The van der Waals surface area contributed by atoms with Crippen molar-refractivity contribution in [3.8, 4) is 0 Å². The van der Waals surface area contributed by atoms with Gasteiger partial charge in [0.15, 0.2) is 0 Å². The van der Waals surface area contributed by atoms with Crippen LogP contribution < -0.4 is 5.32 Å². The second-order valence-corrected chi connectivity index (χ2v) is 6.07. The van der Waals surface area contributed by atoms with Crippen molar-refractivity contribution in [2.75, 3.05) is 0 Å². The van der Waals surface area contributed by atoms with Crippen LogP contribution in [0.3, 0.4) is 0 Å². The summed E-state index contributed by atoms with van der Waals surface area (Å²) < 4.78 is 13.5. The van der Waals surface area contributed by atoms with E-state index in [1.54, 1.807) is 24.0 Å². The number of hydrogen-bond donors (Lipinski definition) is 1. The number of hydrogen-bond acceptors (Lipinski definition) is 2. The fraction of sp³-hybridized carbons (Fsp3) is 0.467. The predicted octanol–water partition coefficient (Wildman–Crippen LogP) is 2.10. The normalized spacial score (nSPS) is 26.0. The Morgan fingerprint density at radius 3 is 2.76 bits per heavy atom. The third-order valence-corrected chi connectivity index (χ3v) is 4.48. The molecule has 2 fully saturated rings. The summed E-state index contributed by atoms with van der Waals surface area (Å²) in [4.78, 5) is 26.1. The van der Waals surface area contributed by atoms with E-state index in [1.807, 2.05) is 0 Å². The third kappa shape index (κ3) is 2.62. The molecule has 0 bridgehead atoms. The summed E-state index contributed by atoms with van der Waals surface area (Å²) in [5, 5.41) is 2.72. The van der Waals surface area contributed by atoms with Gasteiger partial charge in [0.1, 0.15) is 17.9 Å². The minimum atomic E-state index is -0.556. The van der Waals surface area contributed by atoms with Gasteiger partial charge in [-0.3, -0.25) is 9.59 Å². The molecule has 0 aromatic heterocycles. The zero-order valence-corrected chi connectivity index (χ0v) is 12.4. The van der Waals surface area contributed by atoms with Crippen LogP contribution >= 0.6 is 11.6 Å². The van der Waals surface area contributed by atoms with Gasteiger partial charge in [0.05, 0.1) is 5.02 Å². The van der Waals surface area contributed by atoms with Crippen molar-refractivity contribution in [2.45, 2.75) is 38.4 Å². The molecule has 6 heteroatoms. The van der Waals surface area contributed by atoms with Gasteiger partial charge in [-0.2, -0.15) is 0 Å². The maximum absolute atomic E-state index is 13.5. The number of nitrogens with one attached hydrogen (secondary N) is 1. The highest BCUT2D eigenvalue weighted by atomic mass is 35.5. The first-order valence-corrected chi connectivity index (χ1v) is 7.40. The average Bonchev–Trinajstić information content (AvgIpc) is 3.25. The summed E-state index contributed by atoms with van der Waals surface area (Å²) in [5.74, 6) is -0.586. The van der Waals surface area contributed by atoms with Crippen LogP contribution in [0.4, 0.5) is 4.39 Å². The molecular formula is C15H16ClFN2O2. The molecule has 1 aliphatic heterocycles. The Bertz CT molecular complexity index is 603. The second kappa shape index (κ2) is 5.30. The molecule has 1 aromatic rings. The highest BCUT2D eigenvalue weighted by molar-refractivity contribution is 6.31. The van der Waals surface area contributed by atoms with Crippen LogP contribution in [0.25, 0.3) is 0 Å². The van der Waals surface area contributed by atoms with E-state index in [0.29, 0.717) is 5.56 Å². The summed E-state index contributed by atoms with van der Waals surface area (Å²) in [7, 11) is 0. The first-order valence-electron chi connectivity index (χ1n) is 7.03. The Labute approximate surface area is 127 Å². The molecule has 2 amide bonds. The smallest absolute Gasteiger partial charge is 0.245 e. The molecule has 21 heavy (non-hydrogen) atoms. The van der Waals surface area contributed by atoms with Crippen molar-refractivity contribution in [1.82, 2.24) is 10.2 Å². The summed E-state index contributed by atoms with van der Waals surface area (Å²) in [6.07, 6.45) is 1.88. The lowest BCUT2D eigenvalue weighted by Gasteiger charge is -2.38. The van der Waals surface area contributed by atoms with Crippen LogP contribution in [-0.2, 0) is 16.1 Å². The first-order chi connectivity index (χ1) is 9.99. The Kier molecular flexibility index (Phi) is 3.61. The van der Waals surface area contributed by atoms with E-state index in [0.717, 1.165) is 12.8 Å². The van der Waals surface area contributed by atoms with Crippen molar-refractivity contribution in [1.29, 1.82) is 0 Å². The molecule has 1 aliphatic carbocycles. The Morgan fingerprint density at radius 2 is 2.10 bits per heavy atom. The van der Waals surface area contributed by atoms with Gasteiger partial charge >= 0.3 is 0 Å². The molecule has 0 spiro atoms. The highest BCUT2D eigenvalue weighted by Gasteiger charge is 2.46. The molecule has 2 atom stereocenters. The SMILES string of the molecule is CC1NC(=O)C(C2CC2)N(Cc2cccc(F)c2Cl)C1=O. The highest BCUT2D eigenvalue weighted by Crippen LogP contribution is 2.38. The number of benzene rings is 1. The van der Waals surface area contributed by atoms with Crippen molar-refractivity contribution in [2.24, 2.45) is 5.92 Å². The Hall–Kier alpha value is -1.62. The summed E-state index contributed by atoms with van der Waals surface area (Å²) >= 11 is 5.96. The van der Waals surface area contributed by atoms with Crippen LogP contribution in [0.5, 0.6) is 0 Å². The van der Waals surface area contributed by atoms with Crippen LogP contribution in [0.2, 0.25) is 5.02 Å². The number of amides is 2. The van der Waals surface area contributed by atoms with E-state index in [1.165, 1.54) is 6.07 Å². The van der Waals surface area contributed by atoms with Gasteiger partial charge in [-0.1, -0.05) is 23.7 Å². The van der Waals surface area contributed by atoms with Gasteiger partial charge in [0, 0.05) is 6.54 Å². The van der Waals surface area contributed by atoms with Gasteiger partial charge in [-0.25, -0.2) is 4.39 Å². The van der Waals surface area contributed by atoms with Gasteiger partial charge in [-0.05, 0) is 37.3 Å². The van der Waals surface area contributed by atoms with Crippen molar-refractivity contribution >= 4 is 23.4 Å². The average molecular weight is 311 g/mol. The monoisotopic (exact) mass is 310 g/mol. The molecule has 1 heterocycles. The van der Waals surface area contributed by atoms with Crippen LogP contribution in [0, 0.1) is 11.7 Å². The van der Waals surface area contributed by atoms with E-state index in [9.17, 15) is 14.0 Å². The van der Waals surface area contributed by atoms with Crippen LogP contribution in [0.1, 0.15) is 25.3 Å². The van der Waals surface area contributed by atoms with Crippen LogP contribution in [0.15, 0.2) is 18.2 Å². The zero-order valence-electron chi connectivity index (χ0n) is 11.6. The van der Waals surface area contributed by atoms with E-state index in [2.05, 4.69) is 5.32 Å². The van der Waals surface area contributed by atoms with Gasteiger partial charge in [0.2, 0.25) is 11.8 Å². The summed E-state index contributed by atoms with van der Waals surface area (Å²) in [6.45, 7) is 1.82. The zero-order chi connectivity index (χ0) is 15.1. The quantitative estimate of drug-likeness (QED) is 0.929. The van der Waals surface area contributed by atoms with Gasteiger partial charge < -0.3 is 10.2 Å². The van der Waals surface area contributed by atoms with E-state index < -0.39 is 17.9 Å². The molecule has 2 unspecified atom stereocenters. The molecule has 112 valence electrons. The standard InChI is InChI=1S/C15H16ClFN2O2/c1-8-15(21)19(13(9-5-6-9)14(20)18-8)7-10-3-2-4-11(17)12(10)16/h2-4,8-9,13H,5-7H2,1H3,(H,18,20). The second-order valence-electron chi connectivity index (χ2n) is 5.69. The molecule has 3 rings (SSSR count).